The van der Waals surface area contributed by atoms with E-state index in [4.69, 9.17) is 37.8 Å². The number of hydrogen-bond donors (Lipinski definition) is 2. The van der Waals surface area contributed by atoms with Crippen molar-refractivity contribution in [1.82, 2.24) is 10.2 Å². The van der Waals surface area contributed by atoms with E-state index in [1.165, 1.54) is 12.1 Å². The molecule has 1 aliphatic carbocycles. The number of hydrogen-bond acceptors (Lipinski definition) is 4. The molecule has 0 aliphatic heterocycles. The summed E-state index contributed by atoms with van der Waals surface area (Å²) in [6.45, 7) is -2.27. The number of ether oxygens (including phenoxy) is 1. The Morgan fingerprint density at radius 1 is 1.48 bits per heavy atom. The Hall–Kier alpha value is -1.72. The van der Waals surface area contributed by atoms with Crippen LogP contribution in [0.4, 0.5) is 5.69 Å². The molecule has 0 spiro atoms. The van der Waals surface area contributed by atoms with E-state index >= 15 is 0 Å². The summed E-state index contributed by atoms with van der Waals surface area (Å²) in [4.78, 5) is 12.1. The van der Waals surface area contributed by atoms with Crippen molar-refractivity contribution < 1.29 is 8.85 Å². The maximum Gasteiger partial charge on any atom is 0.268 e. The monoisotopic (exact) mass is 328 g/mol. The molecule has 0 radical (unpaired) electrons. The van der Waals surface area contributed by atoms with Crippen molar-refractivity contribution in [2.45, 2.75) is 25.6 Å². The van der Waals surface area contributed by atoms with Crippen LogP contribution >= 0.6 is 23.2 Å². The van der Waals surface area contributed by atoms with Gasteiger partial charge in [-0.25, -0.2) is 5.10 Å². The molecule has 110 valence electrons. The second kappa shape index (κ2) is 5.24. The molecular formula is C14H13Cl2N3O2. The van der Waals surface area contributed by atoms with Gasteiger partial charge >= 0.3 is 0 Å². The van der Waals surface area contributed by atoms with Crippen LogP contribution < -0.4 is 16.0 Å². The second-order valence-electron chi connectivity index (χ2n) is 4.76. The molecule has 0 fully saturated rings. The van der Waals surface area contributed by atoms with Crippen LogP contribution in [0.2, 0.25) is 10.0 Å². The van der Waals surface area contributed by atoms with Gasteiger partial charge in [0, 0.05) is 20.9 Å². The zero-order valence-electron chi connectivity index (χ0n) is 13.7. The number of rotatable bonds is 2. The molecule has 1 unspecified atom stereocenters. The highest BCUT2D eigenvalue weighted by molar-refractivity contribution is 6.37. The first-order valence-corrected chi connectivity index (χ1v) is 6.98. The number of benzene rings is 1. The molecular weight excluding hydrogens is 313 g/mol. The molecule has 1 heterocycles. The Balaban J connectivity index is 2.07. The Kier molecular flexibility index (Phi) is 2.73. The maximum atomic E-state index is 12.1. The topological polar surface area (TPSA) is 81.0 Å². The van der Waals surface area contributed by atoms with E-state index in [1.807, 2.05) is 0 Å². The smallest absolute Gasteiger partial charge is 0.268 e. The highest BCUT2D eigenvalue weighted by Crippen LogP contribution is 2.41. The lowest BCUT2D eigenvalue weighted by atomic mass is 10.1. The molecule has 1 aromatic carbocycles. The van der Waals surface area contributed by atoms with Crippen molar-refractivity contribution in [1.29, 1.82) is 0 Å². The normalized spacial score (nSPS) is 19.5. The fraction of sp³-hybridized carbons (Fsp3) is 0.286. The van der Waals surface area contributed by atoms with E-state index in [1.54, 1.807) is 0 Å². The summed E-state index contributed by atoms with van der Waals surface area (Å²) in [6, 6.07) is 2.94. The van der Waals surface area contributed by atoms with Gasteiger partial charge in [-0.05, 0) is 30.9 Å². The van der Waals surface area contributed by atoms with Crippen LogP contribution in [-0.2, 0) is 6.42 Å². The van der Waals surface area contributed by atoms with Gasteiger partial charge < -0.3 is 10.5 Å². The quantitative estimate of drug-likeness (QED) is 0.826. The summed E-state index contributed by atoms with van der Waals surface area (Å²) in [7, 11) is 0. The number of nitrogens with zero attached hydrogens (tertiary/aromatic N) is 1. The van der Waals surface area contributed by atoms with Gasteiger partial charge in [0.15, 0.2) is 5.75 Å². The number of aromatic amines is 1. The number of nitrogens with one attached hydrogen (secondary N) is 1. The van der Waals surface area contributed by atoms with Gasteiger partial charge in [0.05, 0.1) is 10.0 Å². The summed E-state index contributed by atoms with van der Waals surface area (Å²) in [5, 5.41) is 6.53. The molecule has 1 aliphatic rings. The standard InChI is InChI=1S/C14H13Cl2N3O2/c1-6-2-3-8-11(6)13(20)18-19-14(8)21-12-9(15)4-7(17)5-10(12)16/h4-6H,2-3,17H2,1H3,(H,18,20)/i1D3. The number of fused-ring (bicyclic) bond motifs is 1. The van der Waals surface area contributed by atoms with Crippen LogP contribution in [-0.4, -0.2) is 10.2 Å². The maximum absolute atomic E-state index is 12.1. The second-order valence-corrected chi connectivity index (χ2v) is 5.57. The van der Waals surface area contributed by atoms with Crippen LogP contribution in [0.3, 0.4) is 0 Å². The summed E-state index contributed by atoms with van der Waals surface area (Å²) in [6.07, 6.45) is 0.690. The molecule has 1 aromatic heterocycles. The lowest BCUT2D eigenvalue weighted by Crippen LogP contribution is -2.16. The van der Waals surface area contributed by atoms with E-state index in [0.29, 0.717) is 24.1 Å². The van der Waals surface area contributed by atoms with Crippen molar-refractivity contribution in [2.75, 3.05) is 5.73 Å². The minimum absolute atomic E-state index is 0.0879. The molecule has 7 heteroatoms. The van der Waals surface area contributed by atoms with Gasteiger partial charge in [0.25, 0.3) is 5.56 Å². The molecule has 5 nitrogen and oxygen atoms in total. The van der Waals surface area contributed by atoms with E-state index in [2.05, 4.69) is 10.2 Å². The van der Waals surface area contributed by atoms with Gasteiger partial charge in [0.2, 0.25) is 5.88 Å². The number of nitrogens with two attached hydrogens (primary N) is 1. The minimum Gasteiger partial charge on any atom is -0.434 e. The fourth-order valence-corrected chi connectivity index (χ4v) is 2.96. The SMILES string of the molecule is [2H]C([2H])([2H])C1CCc2c(Oc3c(Cl)cc(N)cc3Cl)n[nH]c(=O)c21. The molecule has 1 atom stereocenters. The molecule has 3 N–H and O–H groups in total. The Bertz CT molecular complexity index is 844. The van der Waals surface area contributed by atoms with Crippen molar-refractivity contribution in [3.05, 3.63) is 43.7 Å². The van der Waals surface area contributed by atoms with Gasteiger partial charge in [-0.1, -0.05) is 30.1 Å². The first-order valence-electron chi connectivity index (χ1n) is 7.72. The first kappa shape index (κ1) is 10.9. The summed E-state index contributed by atoms with van der Waals surface area (Å²) >= 11 is 12.2. The van der Waals surface area contributed by atoms with E-state index in [0.717, 1.165) is 0 Å². The predicted octanol–water partition coefficient (Wildman–Crippen LogP) is 3.50. The Labute approximate surface area is 135 Å². The highest BCUT2D eigenvalue weighted by Gasteiger charge is 2.27. The number of H-pyrrole nitrogens is 1. The third-order valence-corrected chi connectivity index (χ3v) is 3.90. The van der Waals surface area contributed by atoms with Crippen LogP contribution in [0.25, 0.3) is 0 Å². The zero-order chi connectivity index (χ0) is 17.6. The lowest BCUT2D eigenvalue weighted by molar-refractivity contribution is 0.448. The number of halogens is 2. The van der Waals surface area contributed by atoms with E-state index in [-0.39, 0.29) is 27.2 Å². The number of anilines is 1. The lowest BCUT2D eigenvalue weighted by Gasteiger charge is -2.12. The summed E-state index contributed by atoms with van der Waals surface area (Å²) in [5.41, 5.74) is 6.14. The van der Waals surface area contributed by atoms with Crippen LogP contribution in [0.1, 0.15) is 34.4 Å². The molecule has 0 bridgehead atoms. The molecule has 3 rings (SSSR count). The van der Waals surface area contributed by atoms with E-state index in [9.17, 15) is 4.79 Å². The third kappa shape index (κ3) is 2.47. The summed E-state index contributed by atoms with van der Waals surface area (Å²) in [5.74, 6) is -0.615. The molecule has 21 heavy (non-hydrogen) atoms. The number of aromatic nitrogens is 2. The van der Waals surface area contributed by atoms with Crippen LogP contribution in [0.5, 0.6) is 11.6 Å². The fourth-order valence-electron chi connectivity index (χ4n) is 2.38. The Morgan fingerprint density at radius 3 is 2.86 bits per heavy atom. The molecule has 0 saturated carbocycles. The van der Waals surface area contributed by atoms with Crippen LogP contribution in [0, 0.1) is 0 Å². The largest absolute Gasteiger partial charge is 0.434 e. The molecule has 2 aromatic rings. The van der Waals surface area contributed by atoms with Gasteiger partial charge in [0.1, 0.15) is 0 Å². The average molecular weight is 329 g/mol. The first-order chi connectivity index (χ1) is 11.2. The molecule has 0 amide bonds. The van der Waals surface area contributed by atoms with Crippen molar-refractivity contribution in [3.8, 4) is 11.6 Å². The van der Waals surface area contributed by atoms with Crippen molar-refractivity contribution >= 4 is 28.9 Å². The van der Waals surface area contributed by atoms with Gasteiger partial charge in [-0.3, -0.25) is 4.79 Å². The zero-order valence-corrected chi connectivity index (χ0v) is 12.3. The summed E-state index contributed by atoms with van der Waals surface area (Å²) < 4.78 is 28.5. The third-order valence-electron chi connectivity index (χ3n) is 3.34. The molecule has 0 saturated heterocycles. The van der Waals surface area contributed by atoms with Crippen molar-refractivity contribution in [2.24, 2.45) is 0 Å². The average Bonchev–Trinajstić information content (AvgIpc) is 2.90. The minimum atomic E-state index is -2.27. The predicted molar refractivity (Wildman–Crippen MR) is 82.5 cm³/mol. The Morgan fingerprint density at radius 2 is 2.19 bits per heavy atom. The van der Waals surface area contributed by atoms with Crippen LogP contribution in [0.15, 0.2) is 16.9 Å². The number of nitrogen functional groups attached to an aromatic ring is 1. The van der Waals surface area contributed by atoms with Gasteiger partial charge in [-0.2, -0.15) is 0 Å². The van der Waals surface area contributed by atoms with Gasteiger partial charge in [-0.15, -0.1) is 5.10 Å². The highest BCUT2D eigenvalue weighted by atomic mass is 35.5. The van der Waals surface area contributed by atoms with E-state index < -0.39 is 18.3 Å². The van der Waals surface area contributed by atoms with Crippen molar-refractivity contribution in [3.63, 3.8) is 0 Å².